The minimum atomic E-state index is 0.568. The highest BCUT2D eigenvalue weighted by Gasteiger charge is 2.05. The Bertz CT molecular complexity index is 566. The Morgan fingerprint density at radius 3 is 2.73 bits per heavy atom. The Morgan fingerprint density at radius 2 is 2.00 bits per heavy atom. The maximum Gasteiger partial charge on any atom is 0.221 e. The van der Waals surface area contributed by atoms with E-state index in [2.05, 4.69) is 42.4 Å². The molecule has 3 rings (SSSR count). The molecule has 0 bridgehead atoms. The van der Waals surface area contributed by atoms with Crippen LogP contribution in [0.3, 0.4) is 0 Å². The molecule has 15 heavy (non-hydrogen) atoms. The van der Waals surface area contributed by atoms with Crippen molar-refractivity contribution in [2.75, 3.05) is 0 Å². The summed E-state index contributed by atoms with van der Waals surface area (Å²) in [5.41, 5.74) is 2.10. The van der Waals surface area contributed by atoms with E-state index in [1.807, 2.05) is 24.3 Å². The summed E-state index contributed by atoms with van der Waals surface area (Å²) in [5, 5.41) is 8.40. The molecule has 0 amide bonds. The molecule has 6 heteroatoms. The van der Waals surface area contributed by atoms with Crippen molar-refractivity contribution in [1.82, 2.24) is 25.0 Å². The average Bonchev–Trinajstić information content (AvgIpc) is 2.78. The highest BCUT2D eigenvalue weighted by atomic mass is 79.9. The SMILES string of the molecule is Brc1ccc(-n2nc3n[c][nH]c3n2)cc1. The fraction of sp³-hybridized carbons (Fsp3) is 0. The summed E-state index contributed by atoms with van der Waals surface area (Å²) in [6.07, 6.45) is 2.58. The normalized spacial score (nSPS) is 11.0. The molecule has 73 valence electrons. The summed E-state index contributed by atoms with van der Waals surface area (Å²) in [4.78, 5) is 8.22. The molecule has 1 aromatic carbocycles. The third-order valence-corrected chi connectivity index (χ3v) is 2.52. The van der Waals surface area contributed by atoms with Gasteiger partial charge in [0, 0.05) is 4.47 Å². The number of rotatable bonds is 1. The largest absolute Gasteiger partial charge is 0.317 e. The molecule has 0 fully saturated rings. The Morgan fingerprint density at radius 1 is 1.20 bits per heavy atom. The zero-order valence-electron chi connectivity index (χ0n) is 7.48. The summed E-state index contributed by atoms with van der Waals surface area (Å²) in [7, 11) is 0. The third kappa shape index (κ3) is 1.42. The number of hydrogen-bond acceptors (Lipinski definition) is 3. The molecular weight excluding hydrogens is 258 g/mol. The molecule has 0 unspecified atom stereocenters. The zero-order valence-corrected chi connectivity index (χ0v) is 9.06. The number of aromatic nitrogens is 5. The number of hydrogen-bond donors (Lipinski definition) is 1. The Kier molecular flexibility index (Phi) is 1.81. The lowest BCUT2D eigenvalue weighted by Gasteiger charge is -1.97. The van der Waals surface area contributed by atoms with Crippen molar-refractivity contribution in [2.45, 2.75) is 0 Å². The van der Waals surface area contributed by atoms with E-state index in [4.69, 9.17) is 0 Å². The number of halogens is 1. The minimum Gasteiger partial charge on any atom is -0.317 e. The molecule has 2 aromatic heterocycles. The van der Waals surface area contributed by atoms with Crippen LogP contribution in [0.5, 0.6) is 0 Å². The number of imidazole rings is 1. The highest BCUT2D eigenvalue weighted by Crippen LogP contribution is 2.13. The number of nitrogens with one attached hydrogen (secondary N) is 1. The molecule has 2 heterocycles. The summed E-state index contributed by atoms with van der Waals surface area (Å²) >= 11 is 3.37. The first kappa shape index (κ1) is 8.60. The van der Waals surface area contributed by atoms with Crippen LogP contribution in [-0.2, 0) is 0 Å². The van der Waals surface area contributed by atoms with Gasteiger partial charge >= 0.3 is 0 Å². The minimum absolute atomic E-state index is 0.568. The van der Waals surface area contributed by atoms with Gasteiger partial charge in [-0.05, 0) is 24.3 Å². The van der Waals surface area contributed by atoms with E-state index in [9.17, 15) is 0 Å². The second-order valence-corrected chi connectivity index (χ2v) is 3.90. The Hall–Kier alpha value is -1.69. The van der Waals surface area contributed by atoms with Crippen LogP contribution < -0.4 is 0 Å². The van der Waals surface area contributed by atoms with E-state index < -0.39 is 0 Å². The van der Waals surface area contributed by atoms with Gasteiger partial charge in [-0.1, -0.05) is 15.9 Å². The van der Waals surface area contributed by atoms with E-state index in [-0.39, 0.29) is 0 Å². The standard InChI is InChI=1S/C9H5BrN5/c10-6-1-3-7(4-2-6)15-13-8-9(14-15)12-5-11-8/h1-4H,(H,11,12,13,14). The lowest BCUT2D eigenvalue weighted by molar-refractivity contribution is 0.757. The van der Waals surface area contributed by atoms with Crippen molar-refractivity contribution in [2.24, 2.45) is 0 Å². The smallest absolute Gasteiger partial charge is 0.221 e. The predicted octanol–water partition coefficient (Wildman–Crippen LogP) is 1.71. The van der Waals surface area contributed by atoms with Gasteiger partial charge in [-0.3, -0.25) is 0 Å². The lowest BCUT2D eigenvalue weighted by Crippen LogP contribution is -1.98. The van der Waals surface area contributed by atoms with Crippen molar-refractivity contribution in [3.05, 3.63) is 35.1 Å². The third-order valence-electron chi connectivity index (χ3n) is 1.99. The molecule has 0 aliphatic heterocycles. The number of aromatic amines is 1. The van der Waals surface area contributed by atoms with Gasteiger partial charge < -0.3 is 4.98 Å². The van der Waals surface area contributed by atoms with Crippen molar-refractivity contribution >= 4 is 27.2 Å². The molecule has 0 saturated carbocycles. The van der Waals surface area contributed by atoms with Crippen LogP contribution in [0.15, 0.2) is 28.7 Å². The number of H-pyrrole nitrogens is 1. The number of nitrogens with zero attached hydrogens (tertiary/aromatic N) is 4. The Labute approximate surface area is 93.3 Å². The van der Waals surface area contributed by atoms with E-state index in [0.717, 1.165) is 10.2 Å². The van der Waals surface area contributed by atoms with Crippen LogP contribution in [0.25, 0.3) is 17.0 Å². The monoisotopic (exact) mass is 262 g/mol. The van der Waals surface area contributed by atoms with Crippen molar-refractivity contribution in [3.8, 4) is 5.69 Å². The highest BCUT2D eigenvalue weighted by molar-refractivity contribution is 9.10. The topological polar surface area (TPSA) is 59.4 Å². The first-order valence-electron chi connectivity index (χ1n) is 4.28. The van der Waals surface area contributed by atoms with Gasteiger partial charge in [-0.25, -0.2) is 4.98 Å². The lowest BCUT2D eigenvalue weighted by atomic mass is 10.3. The predicted molar refractivity (Wildman–Crippen MR) is 57.5 cm³/mol. The summed E-state index contributed by atoms with van der Waals surface area (Å²) < 4.78 is 1.02. The zero-order chi connectivity index (χ0) is 10.3. The summed E-state index contributed by atoms with van der Waals surface area (Å²) in [6, 6.07) is 7.72. The van der Waals surface area contributed by atoms with E-state index in [1.165, 1.54) is 4.80 Å². The fourth-order valence-corrected chi connectivity index (χ4v) is 1.54. The van der Waals surface area contributed by atoms with Gasteiger partial charge in [0.1, 0.15) is 0 Å². The van der Waals surface area contributed by atoms with Gasteiger partial charge in [-0.15, -0.1) is 15.0 Å². The van der Waals surface area contributed by atoms with Crippen molar-refractivity contribution < 1.29 is 0 Å². The first-order chi connectivity index (χ1) is 7.33. The van der Waals surface area contributed by atoms with Crippen LogP contribution in [0.4, 0.5) is 0 Å². The second kappa shape index (κ2) is 3.16. The summed E-state index contributed by atoms with van der Waals surface area (Å²) in [6.45, 7) is 0. The molecule has 0 atom stereocenters. The first-order valence-corrected chi connectivity index (χ1v) is 5.07. The molecule has 0 saturated heterocycles. The van der Waals surface area contributed by atoms with E-state index >= 15 is 0 Å². The molecule has 3 aromatic rings. The quantitative estimate of drug-likeness (QED) is 0.727. The van der Waals surface area contributed by atoms with Gasteiger partial charge in [0.15, 0.2) is 6.33 Å². The second-order valence-electron chi connectivity index (χ2n) is 2.99. The van der Waals surface area contributed by atoms with E-state index in [0.29, 0.717) is 11.3 Å². The van der Waals surface area contributed by atoms with Crippen LogP contribution in [0.1, 0.15) is 0 Å². The van der Waals surface area contributed by atoms with Crippen LogP contribution in [-0.4, -0.2) is 25.0 Å². The van der Waals surface area contributed by atoms with Gasteiger partial charge in [0.25, 0.3) is 0 Å². The van der Waals surface area contributed by atoms with Crippen LogP contribution in [0, 0.1) is 6.33 Å². The molecule has 0 spiro atoms. The molecule has 0 aliphatic carbocycles. The number of fused-ring (bicyclic) bond motifs is 1. The molecule has 1 radical (unpaired) electrons. The van der Waals surface area contributed by atoms with Crippen molar-refractivity contribution in [1.29, 1.82) is 0 Å². The average molecular weight is 263 g/mol. The molecule has 0 aliphatic rings. The van der Waals surface area contributed by atoms with Crippen LogP contribution in [0.2, 0.25) is 0 Å². The van der Waals surface area contributed by atoms with Gasteiger partial charge in [-0.2, -0.15) is 0 Å². The number of benzene rings is 1. The molecule has 5 nitrogen and oxygen atoms in total. The van der Waals surface area contributed by atoms with E-state index in [1.54, 1.807) is 0 Å². The maximum absolute atomic E-state index is 4.21. The van der Waals surface area contributed by atoms with Gasteiger partial charge in [0.05, 0.1) is 5.69 Å². The summed E-state index contributed by atoms with van der Waals surface area (Å²) in [5.74, 6) is 0. The van der Waals surface area contributed by atoms with Gasteiger partial charge in [0.2, 0.25) is 11.3 Å². The fourth-order valence-electron chi connectivity index (χ4n) is 1.28. The van der Waals surface area contributed by atoms with Crippen LogP contribution >= 0.6 is 15.9 Å². The molecular formula is C9H5BrN5. The Balaban J connectivity index is 2.13. The van der Waals surface area contributed by atoms with Crippen molar-refractivity contribution in [3.63, 3.8) is 0 Å². The maximum atomic E-state index is 4.21. The molecule has 1 N–H and O–H groups in total.